The van der Waals surface area contributed by atoms with E-state index in [9.17, 15) is 4.79 Å². The summed E-state index contributed by atoms with van der Waals surface area (Å²) in [6.07, 6.45) is -1.05. The molecule has 0 saturated carbocycles. The van der Waals surface area contributed by atoms with Crippen molar-refractivity contribution in [1.29, 1.82) is 0 Å². The second-order valence-corrected chi connectivity index (χ2v) is 2.78. The summed E-state index contributed by atoms with van der Waals surface area (Å²) in [4.78, 5) is 10.4. The first kappa shape index (κ1) is 8.03. The number of primary amides is 1. The lowest BCUT2D eigenvalue weighted by molar-refractivity contribution is -0.124. The molecule has 1 aromatic rings. The zero-order chi connectivity index (χ0) is 8.27. The number of thiophene rings is 1. The maximum Gasteiger partial charge on any atom is 0.273 e. The predicted octanol–water partition coefficient (Wildman–Crippen LogP) is -0.103. The standard InChI is InChI=1S/C6H8N2O2S/c7-5(9)6(8)10-4-2-1-3-11-4/h1-3,6H,8H2,(H2,7,9). The molecule has 1 unspecified atom stereocenters. The summed E-state index contributed by atoms with van der Waals surface area (Å²) in [5, 5.41) is 2.42. The highest BCUT2D eigenvalue weighted by Gasteiger charge is 2.10. The molecule has 11 heavy (non-hydrogen) atoms. The van der Waals surface area contributed by atoms with Crippen LogP contribution in [-0.2, 0) is 4.79 Å². The average molecular weight is 172 g/mol. The predicted molar refractivity (Wildman–Crippen MR) is 42.1 cm³/mol. The Bertz CT molecular complexity index is 235. The largest absolute Gasteiger partial charge is 0.457 e. The van der Waals surface area contributed by atoms with E-state index in [1.807, 2.05) is 5.38 Å². The quantitative estimate of drug-likeness (QED) is 0.625. The molecular weight excluding hydrogens is 164 g/mol. The fourth-order valence-corrected chi connectivity index (χ4v) is 1.12. The SMILES string of the molecule is NC(=O)C(N)Oc1cccs1. The van der Waals surface area contributed by atoms with Crippen LogP contribution in [0.15, 0.2) is 17.5 Å². The fraction of sp³-hybridized carbons (Fsp3) is 0.167. The number of carbonyl (C=O) groups is 1. The number of hydrogen-bond donors (Lipinski definition) is 2. The van der Waals surface area contributed by atoms with E-state index >= 15 is 0 Å². The van der Waals surface area contributed by atoms with E-state index < -0.39 is 12.1 Å². The molecule has 0 aliphatic carbocycles. The van der Waals surface area contributed by atoms with Gasteiger partial charge in [0.15, 0.2) is 5.06 Å². The van der Waals surface area contributed by atoms with Crippen molar-refractivity contribution in [2.75, 3.05) is 0 Å². The van der Waals surface area contributed by atoms with Gasteiger partial charge in [0.1, 0.15) is 0 Å². The number of rotatable bonds is 3. The van der Waals surface area contributed by atoms with Crippen LogP contribution >= 0.6 is 11.3 Å². The van der Waals surface area contributed by atoms with E-state index in [0.717, 1.165) is 0 Å². The summed E-state index contributed by atoms with van der Waals surface area (Å²) in [6.45, 7) is 0. The van der Waals surface area contributed by atoms with E-state index in [-0.39, 0.29) is 0 Å². The molecule has 0 aliphatic heterocycles. The van der Waals surface area contributed by atoms with Crippen LogP contribution in [0.3, 0.4) is 0 Å². The van der Waals surface area contributed by atoms with Crippen LogP contribution < -0.4 is 16.2 Å². The van der Waals surface area contributed by atoms with Gasteiger partial charge in [-0.15, -0.1) is 11.3 Å². The number of ether oxygens (including phenoxy) is 1. The van der Waals surface area contributed by atoms with Gasteiger partial charge in [0.05, 0.1) is 0 Å². The van der Waals surface area contributed by atoms with Gasteiger partial charge in [-0.2, -0.15) is 0 Å². The fourth-order valence-electron chi connectivity index (χ4n) is 0.514. The molecule has 0 fully saturated rings. The van der Waals surface area contributed by atoms with Crippen LogP contribution in [0, 0.1) is 0 Å². The maximum atomic E-state index is 10.4. The van der Waals surface area contributed by atoms with E-state index in [2.05, 4.69) is 0 Å². The molecule has 0 bridgehead atoms. The molecule has 0 aliphatic rings. The van der Waals surface area contributed by atoms with Gasteiger partial charge in [0.25, 0.3) is 5.91 Å². The second-order valence-electron chi connectivity index (χ2n) is 1.87. The number of amides is 1. The van der Waals surface area contributed by atoms with Crippen LogP contribution in [0.2, 0.25) is 0 Å². The van der Waals surface area contributed by atoms with Gasteiger partial charge in [-0.25, -0.2) is 0 Å². The van der Waals surface area contributed by atoms with Crippen molar-refractivity contribution in [3.63, 3.8) is 0 Å². The van der Waals surface area contributed by atoms with Crippen molar-refractivity contribution in [1.82, 2.24) is 0 Å². The van der Waals surface area contributed by atoms with Gasteiger partial charge in [-0.05, 0) is 17.5 Å². The minimum absolute atomic E-state index is 0.594. The normalized spacial score (nSPS) is 12.5. The first-order valence-corrected chi connectivity index (χ1v) is 3.83. The highest BCUT2D eigenvalue weighted by atomic mass is 32.1. The lowest BCUT2D eigenvalue weighted by atomic mass is 10.5. The molecule has 4 nitrogen and oxygen atoms in total. The highest BCUT2D eigenvalue weighted by molar-refractivity contribution is 7.11. The van der Waals surface area contributed by atoms with Gasteiger partial charge in [-0.3, -0.25) is 10.5 Å². The number of carbonyl (C=O) groups excluding carboxylic acids is 1. The number of nitrogens with two attached hydrogens (primary N) is 2. The summed E-state index contributed by atoms with van der Waals surface area (Å²) < 4.78 is 4.94. The van der Waals surface area contributed by atoms with Gasteiger partial charge in [0, 0.05) is 0 Å². The smallest absolute Gasteiger partial charge is 0.273 e. The van der Waals surface area contributed by atoms with Crippen LogP contribution in [0.25, 0.3) is 0 Å². The second kappa shape index (κ2) is 3.36. The molecule has 0 radical (unpaired) electrons. The Balaban J connectivity index is 2.50. The van der Waals surface area contributed by atoms with Crippen LogP contribution in [0.1, 0.15) is 0 Å². The van der Waals surface area contributed by atoms with Gasteiger partial charge >= 0.3 is 0 Å². The molecule has 0 saturated heterocycles. The summed E-state index contributed by atoms with van der Waals surface area (Å²) in [5.41, 5.74) is 10.1. The Hall–Kier alpha value is -1.07. The molecule has 0 aromatic carbocycles. The van der Waals surface area contributed by atoms with E-state index in [4.69, 9.17) is 16.2 Å². The maximum absolute atomic E-state index is 10.4. The summed E-state index contributed by atoms with van der Waals surface area (Å²) in [5.74, 6) is -0.668. The van der Waals surface area contributed by atoms with E-state index in [0.29, 0.717) is 5.06 Å². The van der Waals surface area contributed by atoms with Crippen molar-refractivity contribution in [2.45, 2.75) is 6.23 Å². The van der Waals surface area contributed by atoms with Crippen molar-refractivity contribution in [3.05, 3.63) is 17.5 Å². The Morgan fingerprint density at radius 2 is 2.45 bits per heavy atom. The van der Waals surface area contributed by atoms with E-state index in [1.54, 1.807) is 12.1 Å². The third kappa shape index (κ3) is 2.21. The van der Waals surface area contributed by atoms with Crippen molar-refractivity contribution < 1.29 is 9.53 Å². The van der Waals surface area contributed by atoms with Crippen LogP contribution in [0.5, 0.6) is 5.06 Å². The lowest BCUT2D eigenvalue weighted by Gasteiger charge is -2.07. The third-order valence-corrected chi connectivity index (χ3v) is 1.78. The van der Waals surface area contributed by atoms with Crippen molar-refractivity contribution in [3.8, 4) is 5.06 Å². The summed E-state index contributed by atoms with van der Waals surface area (Å²) in [7, 11) is 0. The molecule has 4 N–H and O–H groups in total. The van der Waals surface area contributed by atoms with Crippen LogP contribution in [0.4, 0.5) is 0 Å². The molecule has 5 heteroatoms. The first-order chi connectivity index (χ1) is 5.20. The first-order valence-electron chi connectivity index (χ1n) is 2.95. The van der Waals surface area contributed by atoms with Gasteiger partial charge < -0.3 is 10.5 Å². The van der Waals surface area contributed by atoms with E-state index in [1.165, 1.54) is 11.3 Å². The third-order valence-electron chi connectivity index (χ3n) is 1.02. The molecule has 60 valence electrons. The molecule has 1 rings (SSSR count). The molecule has 0 spiro atoms. The highest BCUT2D eigenvalue weighted by Crippen LogP contribution is 2.18. The summed E-state index contributed by atoms with van der Waals surface area (Å²) in [6, 6.07) is 3.52. The van der Waals surface area contributed by atoms with Crippen LogP contribution in [-0.4, -0.2) is 12.1 Å². The Morgan fingerprint density at radius 3 is 2.91 bits per heavy atom. The topological polar surface area (TPSA) is 78.3 Å². The van der Waals surface area contributed by atoms with Crippen molar-refractivity contribution in [2.24, 2.45) is 11.5 Å². The Morgan fingerprint density at radius 1 is 1.73 bits per heavy atom. The van der Waals surface area contributed by atoms with Gasteiger partial charge in [-0.1, -0.05) is 0 Å². The average Bonchev–Trinajstić information content (AvgIpc) is 2.39. The monoisotopic (exact) mass is 172 g/mol. The Labute approximate surface area is 67.8 Å². The van der Waals surface area contributed by atoms with Crippen molar-refractivity contribution >= 4 is 17.2 Å². The molecule has 1 aromatic heterocycles. The minimum Gasteiger partial charge on any atom is -0.457 e. The zero-order valence-corrected chi connectivity index (χ0v) is 6.51. The lowest BCUT2D eigenvalue weighted by Crippen LogP contribution is -2.40. The Kier molecular flexibility index (Phi) is 2.45. The molecule has 1 amide bonds. The zero-order valence-electron chi connectivity index (χ0n) is 5.69. The molecule has 1 atom stereocenters. The minimum atomic E-state index is -1.05. The molecule has 1 heterocycles. The molecular formula is C6H8N2O2S. The number of hydrogen-bond acceptors (Lipinski definition) is 4. The van der Waals surface area contributed by atoms with Gasteiger partial charge in [0.2, 0.25) is 6.23 Å². The summed E-state index contributed by atoms with van der Waals surface area (Å²) >= 11 is 1.36.